The molecule has 0 saturated carbocycles. The van der Waals surface area contributed by atoms with Crippen molar-refractivity contribution in [2.75, 3.05) is 25.1 Å². The monoisotopic (exact) mass is 405 g/mol. The number of hydrogen-bond acceptors (Lipinski definition) is 4. The molecule has 2 aromatic rings. The number of ether oxygens (including phenoxy) is 1. The summed E-state index contributed by atoms with van der Waals surface area (Å²) in [6.45, 7) is 3.24. The number of benzene rings is 2. The Bertz CT molecular complexity index is 873. The first kappa shape index (κ1) is 20.7. The van der Waals surface area contributed by atoms with Crippen LogP contribution in [-0.4, -0.2) is 36.2 Å². The quantitative estimate of drug-likeness (QED) is 0.567. The van der Waals surface area contributed by atoms with Crippen molar-refractivity contribution < 1.29 is 22.7 Å². The number of anilines is 1. The molecule has 0 unspecified atom stereocenters. The average Bonchev–Trinajstić information content (AvgIpc) is 3.25. The third-order valence-electron chi connectivity index (χ3n) is 4.67. The third-order valence-corrected chi connectivity index (χ3v) is 4.67. The van der Waals surface area contributed by atoms with Gasteiger partial charge in [-0.15, -0.1) is 0 Å². The van der Waals surface area contributed by atoms with Gasteiger partial charge in [0.25, 0.3) is 5.91 Å². The zero-order chi connectivity index (χ0) is 20.9. The van der Waals surface area contributed by atoms with E-state index < -0.39 is 11.7 Å². The highest BCUT2D eigenvalue weighted by atomic mass is 19.4. The summed E-state index contributed by atoms with van der Waals surface area (Å²) in [6, 6.07) is 12.1. The van der Waals surface area contributed by atoms with Gasteiger partial charge in [-0.25, -0.2) is 0 Å². The fourth-order valence-corrected chi connectivity index (χ4v) is 3.03. The van der Waals surface area contributed by atoms with E-state index in [0.717, 1.165) is 37.6 Å². The smallest absolute Gasteiger partial charge is 0.418 e. The van der Waals surface area contributed by atoms with Crippen molar-refractivity contribution in [3.8, 4) is 5.75 Å². The van der Waals surface area contributed by atoms with Crippen molar-refractivity contribution in [2.24, 2.45) is 5.10 Å². The van der Waals surface area contributed by atoms with E-state index in [1.54, 1.807) is 36.1 Å². The number of para-hydroxylation sites is 1. The minimum atomic E-state index is -4.46. The van der Waals surface area contributed by atoms with Gasteiger partial charge < -0.3 is 9.64 Å². The van der Waals surface area contributed by atoms with Crippen LogP contribution in [-0.2, 0) is 11.0 Å². The molecule has 1 saturated heterocycles. The summed E-state index contributed by atoms with van der Waals surface area (Å²) in [5.41, 5.74) is 2.84. The molecule has 29 heavy (non-hydrogen) atoms. The lowest BCUT2D eigenvalue weighted by molar-refractivity contribution is -0.137. The maximum Gasteiger partial charge on any atom is 0.418 e. The number of carbonyl (C=O) groups excluding carboxylic acids is 1. The van der Waals surface area contributed by atoms with Crippen LogP contribution in [0.5, 0.6) is 5.75 Å². The maximum atomic E-state index is 13.0. The largest absolute Gasteiger partial charge is 0.484 e. The molecule has 0 spiro atoms. The van der Waals surface area contributed by atoms with Gasteiger partial charge >= 0.3 is 6.18 Å². The molecule has 0 aromatic heterocycles. The van der Waals surface area contributed by atoms with E-state index in [1.165, 1.54) is 18.2 Å². The molecule has 154 valence electrons. The van der Waals surface area contributed by atoms with E-state index in [1.807, 2.05) is 0 Å². The number of nitrogens with zero attached hydrogens (tertiary/aromatic N) is 2. The van der Waals surface area contributed by atoms with Crippen LogP contribution in [0.15, 0.2) is 53.6 Å². The highest BCUT2D eigenvalue weighted by Crippen LogP contribution is 2.34. The Kier molecular flexibility index (Phi) is 6.41. The summed E-state index contributed by atoms with van der Waals surface area (Å²) in [5, 5.41) is 4.06. The van der Waals surface area contributed by atoms with E-state index in [2.05, 4.69) is 10.5 Å². The first-order chi connectivity index (χ1) is 13.8. The molecule has 5 nitrogen and oxygen atoms in total. The number of rotatable bonds is 6. The molecule has 1 heterocycles. The second-order valence-corrected chi connectivity index (χ2v) is 6.75. The Balaban J connectivity index is 1.60. The van der Waals surface area contributed by atoms with Crippen LogP contribution < -0.4 is 10.2 Å². The van der Waals surface area contributed by atoms with Crippen LogP contribution in [0, 0.1) is 0 Å². The van der Waals surface area contributed by atoms with E-state index >= 15 is 0 Å². The van der Waals surface area contributed by atoms with Crippen LogP contribution in [0.1, 0.15) is 30.9 Å². The minimum absolute atomic E-state index is 0.0117. The van der Waals surface area contributed by atoms with Crippen molar-refractivity contribution in [3.63, 3.8) is 0 Å². The lowest BCUT2D eigenvalue weighted by Gasteiger charge is -2.15. The Morgan fingerprint density at radius 3 is 2.41 bits per heavy atom. The van der Waals surface area contributed by atoms with E-state index in [0.29, 0.717) is 11.5 Å². The lowest BCUT2D eigenvalue weighted by Crippen LogP contribution is -2.32. The molecule has 0 atom stereocenters. The minimum Gasteiger partial charge on any atom is -0.484 e. The topological polar surface area (TPSA) is 53.9 Å². The molecule has 8 heteroatoms. The number of amides is 1. The normalized spacial score (nSPS) is 14.8. The third kappa shape index (κ3) is 5.49. The van der Waals surface area contributed by atoms with Gasteiger partial charge in [-0.1, -0.05) is 12.1 Å². The fourth-order valence-electron chi connectivity index (χ4n) is 3.03. The summed E-state index contributed by atoms with van der Waals surface area (Å²) in [5.74, 6) is 0.515. The molecule has 1 aliphatic heterocycles. The predicted molar refractivity (Wildman–Crippen MR) is 105 cm³/mol. The Labute approximate surface area is 167 Å². The lowest BCUT2D eigenvalue weighted by atomic mass is 10.1. The van der Waals surface area contributed by atoms with Gasteiger partial charge in [-0.2, -0.15) is 18.3 Å². The Morgan fingerprint density at radius 1 is 1.10 bits per heavy atom. The van der Waals surface area contributed by atoms with Crippen molar-refractivity contribution in [1.29, 1.82) is 0 Å². The number of likely N-dealkylation sites (tertiary alicyclic amines) is 1. The highest BCUT2D eigenvalue weighted by molar-refractivity contribution is 5.99. The molecular weight excluding hydrogens is 383 g/mol. The molecule has 2 aromatic carbocycles. The number of nitrogens with one attached hydrogen (secondary N) is 1. The van der Waals surface area contributed by atoms with Gasteiger partial charge in [-0.3, -0.25) is 10.2 Å². The standard InChI is InChI=1S/C21H22F3N3O2/c1-15(25-26-19-7-3-2-6-18(19)21(22,23)24)16-8-10-17(11-9-16)29-14-20(28)27-12-4-5-13-27/h2-3,6-11,26H,4-5,12-14H2,1H3. The van der Waals surface area contributed by atoms with Crippen molar-refractivity contribution in [1.82, 2.24) is 4.90 Å². The van der Waals surface area contributed by atoms with Gasteiger partial charge in [-0.05, 0) is 61.7 Å². The second kappa shape index (κ2) is 8.98. The maximum absolute atomic E-state index is 13.0. The number of hydrogen-bond donors (Lipinski definition) is 1. The summed E-state index contributed by atoms with van der Waals surface area (Å²) in [4.78, 5) is 13.8. The van der Waals surface area contributed by atoms with Crippen LogP contribution in [0.4, 0.5) is 18.9 Å². The van der Waals surface area contributed by atoms with Crippen molar-refractivity contribution in [2.45, 2.75) is 25.9 Å². The van der Waals surface area contributed by atoms with Crippen LogP contribution in [0.25, 0.3) is 0 Å². The SMILES string of the molecule is CC(=NNc1ccccc1C(F)(F)F)c1ccc(OCC(=O)N2CCCC2)cc1. The molecule has 3 rings (SSSR count). The Morgan fingerprint density at radius 2 is 1.76 bits per heavy atom. The molecule has 0 bridgehead atoms. The summed E-state index contributed by atoms with van der Waals surface area (Å²) >= 11 is 0. The zero-order valence-corrected chi connectivity index (χ0v) is 16.0. The van der Waals surface area contributed by atoms with Crippen molar-refractivity contribution >= 4 is 17.3 Å². The summed E-state index contributed by atoms with van der Waals surface area (Å²) in [7, 11) is 0. The molecule has 1 N–H and O–H groups in total. The number of halogens is 3. The highest BCUT2D eigenvalue weighted by Gasteiger charge is 2.33. The van der Waals surface area contributed by atoms with Gasteiger partial charge in [0.15, 0.2) is 6.61 Å². The average molecular weight is 405 g/mol. The molecular formula is C21H22F3N3O2. The van der Waals surface area contributed by atoms with E-state index in [-0.39, 0.29) is 18.2 Å². The predicted octanol–water partition coefficient (Wildman–Crippen LogP) is 4.54. The van der Waals surface area contributed by atoms with Crippen LogP contribution >= 0.6 is 0 Å². The van der Waals surface area contributed by atoms with Gasteiger partial charge in [0.05, 0.1) is 17.0 Å². The first-order valence-corrected chi connectivity index (χ1v) is 9.32. The molecule has 0 radical (unpaired) electrons. The van der Waals surface area contributed by atoms with Gasteiger partial charge in [0.1, 0.15) is 5.75 Å². The van der Waals surface area contributed by atoms with Gasteiger partial charge in [0.2, 0.25) is 0 Å². The molecule has 0 aliphatic carbocycles. The number of hydrazone groups is 1. The zero-order valence-electron chi connectivity index (χ0n) is 16.0. The number of carbonyl (C=O) groups is 1. The number of alkyl halides is 3. The first-order valence-electron chi connectivity index (χ1n) is 9.32. The Hall–Kier alpha value is -3.03. The van der Waals surface area contributed by atoms with E-state index in [9.17, 15) is 18.0 Å². The summed E-state index contributed by atoms with van der Waals surface area (Å²) in [6.07, 6.45) is -2.40. The van der Waals surface area contributed by atoms with Crippen molar-refractivity contribution in [3.05, 3.63) is 59.7 Å². The summed E-state index contributed by atoms with van der Waals surface area (Å²) < 4.78 is 44.6. The molecule has 1 amide bonds. The van der Waals surface area contributed by atoms with E-state index in [4.69, 9.17) is 4.74 Å². The molecule has 1 fully saturated rings. The fraction of sp³-hybridized carbons (Fsp3) is 0.333. The second-order valence-electron chi connectivity index (χ2n) is 6.75. The van der Waals surface area contributed by atoms with Crippen LogP contribution in [0.2, 0.25) is 0 Å². The van der Waals surface area contributed by atoms with Crippen LogP contribution in [0.3, 0.4) is 0 Å². The molecule has 1 aliphatic rings. The van der Waals surface area contributed by atoms with Gasteiger partial charge in [0, 0.05) is 13.1 Å².